The average molecular weight is 290 g/mol. The van der Waals surface area contributed by atoms with E-state index in [1.165, 1.54) is 12.1 Å². The van der Waals surface area contributed by atoms with Crippen LogP contribution in [0.5, 0.6) is 0 Å². The Hall–Kier alpha value is -1.93. The molecule has 5 heteroatoms. The molecule has 1 aromatic carbocycles. The van der Waals surface area contributed by atoms with E-state index < -0.39 is 5.82 Å². The van der Waals surface area contributed by atoms with E-state index >= 15 is 0 Å². The second kappa shape index (κ2) is 7.19. The SMILES string of the molecule is CCOC(=O)[C@H]1CCCN(Cc2cc(F)cc(C#N)c2)C1. The van der Waals surface area contributed by atoms with Crippen molar-refractivity contribution in [2.24, 2.45) is 5.92 Å². The largest absolute Gasteiger partial charge is 0.466 e. The predicted octanol–water partition coefficient (Wildman–Crippen LogP) is 2.47. The monoisotopic (exact) mass is 290 g/mol. The number of hydrogen-bond donors (Lipinski definition) is 0. The Morgan fingerprint density at radius 2 is 2.33 bits per heavy atom. The summed E-state index contributed by atoms with van der Waals surface area (Å²) < 4.78 is 18.5. The maximum atomic E-state index is 13.4. The minimum Gasteiger partial charge on any atom is -0.466 e. The summed E-state index contributed by atoms with van der Waals surface area (Å²) in [6.45, 7) is 4.23. The Kier molecular flexibility index (Phi) is 5.29. The van der Waals surface area contributed by atoms with E-state index in [1.54, 1.807) is 13.0 Å². The molecule has 2 rings (SSSR count). The molecule has 1 aliphatic rings. The fourth-order valence-electron chi connectivity index (χ4n) is 2.72. The third-order valence-corrected chi connectivity index (χ3v) is 3.62. The highest BCUT2D eigenvalue weighted by Gasteiger charge is 2.26. The van der Waals surface area contributed by atoms with E-state index in [4.69, 9.17) is 10.00 Å². The van der Waals surface area contributed by atoms with E-state index in [9.17, 15) is 9.18 Å². The second-order valence-electron chi connectivity index (χ2n) is 5.29. The fraction of sp³-hybridized carbons (Fsp3) is 0.500. The van der Waals surface area contributed by atoms with Gasteiger partial charge in [0.15, 0.2) is 0 Å². The van der Waals surface area contributed by atoms with Crippen LogP contribution in [0.3, 0.4) is 0 Å². The van der Waals surface area contributed by atoms with Crippen LogP contribution in [0.2, 0.25) is 0 Å². The Morgan fingerprint density at radius 1 is 1.52 bits per heavy atom. The lowest BCUT2D eigenvalue weighted by molar-refractivity contribution is -0.150. The molecule has 0 amide bonds. The number of esters is 1. The van der Waals surface area contributed by atoms with Gasteiger partial charge in [-0.1, -0.05) is 0 Å². The summed E-state index contributed by atoms with van der Waals surface area (Å²) >= 11 is 0. The number of likely N-dealkylation sites (tertiary alicyclic amines) is 1. The van der Waals surface area contributed by atoms with Crippen molar-refractivity contribution in [2.45, 2.75) is 26.3 Å². The highest BCUT2D eigenvalue weighted by Crippen LogP contribution is 2.20. The molecule has 0 N–H and O–H groups in total. The fourth-order valence-corrected chi connectivity index (χ4v) is 2.72. The van der Waals surface area contributed by atoms with Gasteiger partial charge in [-0.3, -0.25) is 9.69 Å². The first-order chi connectivity index (χ1) is 10.1. The molecule has 1 saturated heterocycles. The van der Waals surface area contributed by atoms with Gasteiger partial charge in [-0.05, 0) is 50.1 Å². The van der Waals surface area contributed by atoms with E-state index in [1.807, 2.05) is 6.07 Å². The third kappa shape index (κ3) is 4.27. The molecule has 1 aliphatic heterocycles. The Balaban J connectivity index is 2.01. The van der Waals surface area contributed by atoms with Crippen LogP contribution in [-0.4, -0.2) is 30.6 Å². The van der Waals surface area contributed by atoms with Crippen molar-refractivity contribution in [2.75, 3.05) is 19.7 Å². The number of benzene rings is 1. The van der Waals surface area contributed by atoms with Crippen LogP contribution in [0.15, 0.2) is 18.2 Å². The smallest absolute Gasteiger partial charge is 0.310 e. The number of nitriles is 1. The summed E-state index contributed by atoms with van der Waals surface area (Å²) in [6.07, 6.45) is 1.76. The highest BCUT2D eigenvalue weighted by molar-refractivity contribution is 5.72. The topological polar surface area (TPSA) is 53.3 Å². The van der Waals surface area contributed by atoms with Gasteiger partial charge in [-0.2, -0.15) is 5.26 Å². The van der Waals surface area contributed by atoms with Crippen LogP contribution in [0.4, 0.5) is 4.39 Å². The second-order valence-corrected chi connectivity index (χ2v) is 5.29. The maximum absolute atomic E-state index is 13.4. The molecule has 1 fully saturated rings. The van der Waals surface area contributed by atoms with Crippen LogP contribution in [-0.2, 0) is 16.1 Å². The molecule has 0 spiro atoms. The van der Waals surface area contributed by atoms with Crippen molar-refractivity contribution in [1.29, 1.82) is 5.26 Å². The lowest BCUT2D eigenvalue weighted by Crippen LogP contribution is -2.38. The summed E-state index contributed by atoms with van der Waals surface area (Å²) in [5.74, 6) is -0.662. The molecule has 1 heterocycles. The number of carbonyl (C=O) groups excluding carboxylic acids is 1. The Bertz CT molecular complexity index is 554. The summed E-state index contributed by atoms with van der Waals surface area (Å²) in [5, 5.41) is 8.87. The minimum absolute atomic E-state index is 0.109. The highest BCUT2D eigenvalue weighted by atomic mass is 19.1. The van der Waals surface area contributed by atoms with E-state index in [2.05, 4.69) is 4.90 Å². The minimum atomic E-state index is -0.400. The lowest BCUT2D eigenvalue weighted by atomic mass is 9.97. The summed E-state index contributed by atoms with van der Waals surface area (Å²) in [4.78, 5) is 13.9. The van der Waals surface area contributed by atoms with Gasteiger partial charge in [0.2, 0.25) is 0 Å². The number of halogens is 1. The van der Waals surface area contributed by atoms with Gasteiger partial charge < -0.3 is 4.74 Å². The van der Waals surface area contributed by atoms with Crippen molar-refractivity contribution in [3.05, 3.63) is 35.1 Å². The van der Waals surface area contributed by atoms with Gasteiger partial charge in [0, 0.05) is 13.1 Å². The van der Waals surface area contributed by atoms with Crippen LogP contribution in [0, 0.1) is 23.1 Å². The lowest BCUT2D eigenvalue weighted by Gasteiger charge is -2.31. The number of rotatable bonds is 4. The molecule has 0 unspecified atom stereocenters. The number of carbonyl (C=O) groups is 1. The molecule has 0 bridgehead atoms. The van der Waals surface area contributed by atoms with Gasteiger partial charge in [0.1, 0.15) is 5.82 Å². The third-order valence-electron chi connectivity index (χ3n) is 3.62. The molecule has 0 aromatic heterocycles. The average Bonchev–Trinajstić information content (AvgIpc) is 2.47. The predicted molar refractivity (Wildman–Crippen MR) is 75.7 cm³/mol. The molecule has 0 radical (unpaired) electrons. The molecular formula is C16H19FN2O2. The van der Waals surface area contributed by atoms with Crippen molar-refractivity contribution in [3.8, 4) is 6.07 Å². The quantitative estimate of drug-likeness (QED) is 0.799. The molecule has 0 saturated carbocycles. The molecule has 21 heavy (non-hydrogen) atoms. The van der Waals surface area contributed by atoms with Gasteiger partial charge in [-0.25, -0.2) is 4.39 Å². The van der Waals surface area contributed by atoms with Crippen LogP contribution >= 0.6 is 0 Å². The van der Waals surface area contributed by atoms with Crippen molar-refractivity contribution >= 4 is 5.97 Å². The van der Waals surface area contributed by atoms with E-state index in [0.29, 0.717) is 25.3 Å². The molecule has 1 aromatic rings. The first kappa shape index (κ1) is 15.5. The van der Waals surface area contributed by atoms with Crippen LogP contribution < -0.4 is 0 Å². The zero-order valence-electron chi connectivity index (χ0n) is 12.1. The molecule has 0 aliphatic carbocycles. The number of ether oxygens (including phenoxy) is 1. The Morgan fingerprint density at radius 3 is 3.05 bits per heavy atom. The first-order valence-corrected chi connectivity index (χ1v) is 7.21. The number of piperidine rings is 1. The van der Waals surface area contributed by atoms with E-state index in [-0.39, 0.29) is 11.9 Å². The summed E-state index contributed by atoms with van der Waals surface area (Å²) in [5.41, 5.74) is 1.08. The summed E-state index contributed by atoms with van der Waals surface area (Å²) in [6, 6.07) is 6.31. The van der Waals surface area contributed by atoms with Gasteiger partial charge in [0.25, 0.3) is 0 Å². The maximum Gasteiger partial charge on any atom is 0.310 e. The van der Waals surface area contributed by atoms with Gasteiger partial charge >= 0.3 is 5.97 Å². The van der Waals surface area contributed by atoms with Crippen LogP contribution in [0.25, 0.3) is 0 Å². The molecule has 1 atom stereocenters. The van der Waals surface area contributed by atoms with Crippen molar-refractivity contribution in [3.63, 3.8) is 0 Å². The molecule has 4 nitrogen and oxygen atoms in total. The number of hydrogen-bond acceptors (Lipinski definition) is 4. The Labute approximate surface area is 124 Å². The summed E-state index contributed by atoms with van der Waals surface area (Å²) in [7, 11) is 0. The van der Waals surface area contributed by atoms with Gasteiger partial charge in [0.05, 0.1) is 24.2 Å². The standard InChI is InChI=1S/C16H19FN2O2/c1-2-21-16(20)14-4-3-5-19(11-14)10-13-6-12(9-18)7-15(17)8-13/h6-8,14H,2-5,10-11H2,1H3/t14-/m0/s1. The molecular weight excluding hydrogens is 271 g/mol. The van der Waals surface area contributed by atoms with Crippen LogP contribution in [0.1, 0.15) is 30.9 Å². The molecule has 112 valence electrons. The van der Waals surface area contributed by atoms with Crippen molar-refractivity contribution in [1.82, 2.24) is 4.90 Å². The van der Waals surface area contributed by atoms with Crippen molar-refractivity contribution < 1.29 is 13.9 Å². The van der Waals surface area contributed by atoms with Gasteiger partial charge in [-0.15, -0.1) is 0 Å². The number of nitrogens with zero attached hydrogens (tertiary/aromatic N) is 2. The normalized spacial score (nSPS) is 19.0. The first-order valence-electron chi connectivity index (χ1n) is 7.21. The zero-order chi connectivity index (χ0) is 15.2. The zero-order valence-corrected chi connectivity index (χ0v) is 12.1. The van der Waals surface area contributed by atoms with E-state index in [0.717, 1.165) is 24.9 Å².